The Bertz CT molecular complexity index is 682. The average Bonchev–Trinajstić information content (AvgIpc) is 3.16. The molecule has 25 heavy (non-hydrogen) atoms. The lowest BCUT2D eigenvalue weighted by Crippen LogP contribution is -2.11. The van der Waals surface area contributed by atoms with Crippen LogP contribution in [0.1, 0.15) is 35.5 Å². The van der Waals surface area contributed by atoms with Crippen molar-refractivity contribution in [1.82, 2.24) is 9.55 Å². The Morgan fingerprint density at radius 1 is 0.840 bits per heavy atom. The Morgan fingerprint density at radius 2 is 1.36 bits per heavy atom. The third-order valence-corrected chi connectivity index (χ3v) is 7.10. The van der Waals surface area contributed by atoms with Gasteiger partial charge in [0.05, 0.1) is 10.9 Å². The monoisotopic (exact) mass is 368 g/mol. The molecule has 0 saturated carbocycles. The smallest absolute Gasteiger partial charge is 0.0946 e. The predicted molar refractivity (Wildman–Crippen MR) is 111 cm³/mol. The quantitative estimate of drug-likeness (QED) is 0.441. The Hall–Kier alpha value is -1.65. The molecule has 0 N–H and O–H groups in total. The third kappa shape index (κ3) is 5.41. The molecule has 4 heteroatoms. The lowest BCUT2D eigenvalue weighted by Gasteiger charge is -2.24. The van der Waals surface area contributed by atoms with Crippen LogP contribution in [0.15, 0.2) is 79.4 Å². The number of hydrogen-bond donors (Lipinski definition) is 0. The minimum Gasteiger partial charge on any atom is -0.336 e. The van der Waals surface area contributed by atoms with Gasteiger partial charge in [-0.05, 0) is 25.0 Å². The molecule has 2 unspecified atom stereocenters. The first kappa shape index (κ1) is 18.2. The van der Waals surface area contributed by atoms with E-state index >= 15 is 0 Å². The van der Waals surface area contributed by atoms with Gasteiger partial charge < -0.3 is 4.57 Å². The molecule has 1 aromatic heterocycles. The molecule has 0 aliphatic heterocycles. The maximum Gasteiger partial charge on any atom is 0.0946 e. The molecule has 0 spiro atoms. The second kappa shape index (κ2) is 9.16. The van der Waals surface area contributed by atoms with Gasteiger partial charge in [0.1, 0.15) is 0 Å². The molecule has 0 radical (unpaired) electrons. The molecular weight excluding hydrogens is 344 g/mol. The lowest BCUT2D eigenvalue weighted by molar-refractivity contribution is 0.746. The predicted octanol–water partition coefficient (Wildman–Crippen LogP) is 6.20. The fraction of sp³-hybridized carbons (Fsp3) is 0.286. The zero-order chi connectivity index (χ0) is 17.5. The number of imidazole rings is 1. The summed E-state index contributed by atoms with van der Waals surface area (Å²) >= 11 is 4.07. The number of nitrogens with zero attached hydrogens (tertiary/aromatic N) is 2. The van der Waals surface area contributed by atoms with Gasteiger partial charge in [0.15, 0.2) is 0 Å². The van der Waals surface area contributed by atoms with Crippen molar-refractivity contribution in [2.45, 2.75) is 35.5 Å². The molecule has 3 rings (SSSR count). The zero-order valence-corrected chi connectivity index (χ0v) is 16.3. The number of hydrogen-bond acceptors (Lipinski definition) is 3. The molecule has 0 bridgehead atoms. The van der Waals surface area contributed by atoms with Crippen molar-refractivity contribution in [3.63, 3.8) is 0 Å². The van der Waals surface area contributed by atoms with E-state index < -0.39 is 0 Å². The molecule has 3 aromatic rings. The van der Waals surface area contributed by atoms with Crippen molar-refractivity contribution in [2.24, 2.45) is 0 Å². The van der Waals surface area contributed by atoms with Crippen LogP contribution in [0.4, 0.5) is 0 Å². The molecule has 0 aliphatic carbocycles. The van der Waals surface area contributed by atoms with Crippen LogP contribution in [0.25, 0.3) is 0 Å². The Balaban J connectivity index is 1.70. The van der Waals surface area contributed by atoms with Gasteiger partial charge in [-0.25, -0.2) is 4.98 Å². The summed E-state index contributed by atoms with van der Waals surface area (Å²) in [6.45, 7) is 5.56. The number of aromatic nitrogens is 2. The van der Waals surface area contributed by atoms with Crippen molar-refractivity contribution in [2.75, 3.05) is 0 Å². The molecule has 0 fully saturated rings. The average molecular weight is 369 g/mol. The first-order valence-corrected chi connectivity index (χ1v) is 10.5. The van der Waals surface area contributed by atoms with Gasteiger partial charge >= 0.3 is 0 Å². The van der Waals surface area contributed by atoms with Gasteiger partial charge in [-0.2, -0.15) is 0 Å². The first-order chi connectivity index (χ1) is 12.2. The molecule has 0 saturated heterocycles. The molecule has 1 heterocycles. The van der Waals surface area contributed by atoms with Crippen LogP contribution < -0.4 is 0 Å². The van der Waals surface area contributed by atoms with Crippen molar-refractivity contribution >= 4 is 23.5 Å². The largest absolute Gasteiger partial charge is 0.336 e. The van der Waals surface area contributed by atoms with E-state index in [-0.39, 0.29) is 0 Å². The normalized spacial score (nSPS) is 14.8. The molecule has 2 atom stereocenters. The van der Waals surface area contributed by atoms with E-state index in [0.717, 1.165) is 6.54 Å². The Morgan fingerprint density at radius 3 is 1.80 bits per heavy atom. The summed E-state index contributed by atoms with van der Waals surface area (Å²) in [5, 5.41) is 0.926. The summed E-state index contributed by atoms with van der Waals surface area (Å²) in [5.74, 6) is 0. The number of benzene rings is 2. The summed E-state index contributed by atoms with van der Waals surface area (Å²) in [7, 11) is 0. The van der Waals surface area contributed by atoms with E-state index in [1.807, 2.05) is 36.0 Å². The maximum atomic E-state index is 4.19. The highest BCUT2D eigenvalue weighted by molar-refractivity contribution is 8.17. The lowest BCUT2D eigenvalue weighted by atomic mass is 10.2. The van der Waals surface area contributed by atoms with E-state index in [4.69, 9.17) is 0 Å². The molecule has 0 amide bonds. The highest BCUT2D eigenvalue weighted by Gasteiger charge is 2.20. The molecular formula is C21H24N2S2. The fourth-order valence-corrected chi connectivity index (χ4v) is 6.06. The van der Waals surface area contributed by atoms with Crippen LogP contribution in [0.2, 0.25) is 0 Å². The van der Waals surface area contributed by atoms with E-state index in [9.17, 15) is 0 Å². The Kier molecular flexibility index (Phi) is 6.65. The van der Waals surface area contributed by atoms with Crippen LogP contribution in [0.5, 0.6) is 0 Å². The van der Waals surface area contributed by atoms with E-state index in [1.165, 1.54) is 11.1 Å². The minimum absolute atomic E-state index is 0.458. The van der Waals surface area contributed by atoms with Gasteiger partial charge in [-0.1, -0.05) is 60.7 Å². The molecule has 2 nitrogen and oxygen atoms in total. The summed E-state index contributed by atoms with van der Waals surface area (Å²) in [4.78, 5) is 4.19. The van der Waals surface area contributed by atoms with Crippen molar-refractivity contribution in [3.05, 3.63) is 90.5 Å². The molecule has 0 aliphatic rings. The molecule has 2 aromatic carbocycles. The Labute approximate surface area is 159 Å². The standard InChI is InChI=1S/C21H24N2S2/c1-17(19-9-5-3-6-10-19)24-21(15-23-14-13-22-16-23)25-18(2)20-11-7-4-8-12-20/h3-14,16-18,21H,15H2,1-2H3. The summed E-state index contributed by atoms with van der Waals surface area (Å²) in [5.41, 5.74) is 2.77. The molecule has 130 valence electrons. The van der Waals surface area contributed by atoms with Gasteiger partial charge in [-0.15, -0.1) is 23.5 Å². The number of thioether (sulfide) groups is 2. The van der Waals surface area contributed by atoms with Crippen LogP contribution in [0.3, 0.4) is 0 Å². The number of rotatable bonds is 8. The van der Waals surface area contributed by atoms with Crippen LogP contribution in [-0.2, 0) is 6.54 Å². The highest BCUT2D eigenvalue weighted by Crippen LogP contribution is 2.43. The summed E-state index contributed by atoms with van der Waals surface area (Å²) in [6.07, 6.45) is 5.82. The zero-order valence-electron chi connectivity index (χ0n) is 14.7. The highest BCUT2D eigenvalue weighted by atomic mass is 32.2. The van der Waals surface area contributed by atoms with Crippen LogP contribution >= 0.6 is 23.5 Å². The third-order valence-electron chi connectivity index (χ3n) is 4.17. The second-order valence-corrected chi connectivity index (χ2v) is 9.46. The second-order valence-electron chi connectivity index (χ2n) is 6.07. The summed E-state index contributed by atoms with van der Waals surface area (Å²) < 4.78 is 2.64. The first-order valence-electron chi connectivity index (χ1n) is 8.59. The van der Waals surface area contributed by atoms with Crippen LogP contribution in [0, 0.1) is 0 Å². The van der Waals surface area contributed by atoms with Crippen molar-refractivity contribution < 1.29 is 0 Å². The van der Waals surface area contributed by atoms with E-state index in [0.29, 0.717) is 15.1 Å². The van der Waals surface area contributed by atoms with Crippen LogP contribution in [-0.4, -0.2) is 14.1 Å². The van der Waals surface area contributed by atoms with E-state index in [1.54, 1.807) is 0 Å². The fourth-order valence-electron chi connectivity index (χ4n) is 2.75. The van der Waals surface area contributed by atoms with Gasteiger partial charge in [0.2, 0.25) is 0 Å². The SMILES string of the molecule is CC(SC(Cn1ccnc1)SC(C)c1ccccc1)c1ccccc1. The van der Waals surface area contributed by atoms with Crippen molar-refractivity contribution in [3.8, 4) is 0 Å². The van der Waals surface area contributed by atoms with Crippen molar-refractivity contribution in [1.29, 1.82) is 0 Å². The van der Waals surface area contributed by atoms with Gasteiger partial charge in [-0.3, -0.25) is 0 Å². The minimum atomic E-state index is 0.458. The van der Waals surface area contributed by atoms with Gasteiger partial charge in [0.25, 0.3) is 0 Å². The van der Waals surface area contributed by atoms with E-state index in [2.05, 4.69) is 90.3 Å². The van der Waals surface area contributed by atoms with Gasteiger partial charge in [0, 0.05) is 29.4 Å². The maximum absolute atomic E-state index is 4.19. The topological polar surface area (TPSA) is 17.8 Å². The summed E-state index contributed by atoms with van der Waals surface area (Å²) in [6, 6.07) is 21.5.